The minimum absolute atomic E-state index is 0.144. The van der Waals surface area contributed by atoms with Crippen LogP contribution in [-0.2, 0) is 0 Å². The van der Waals surface area contributed by atoms with Gasteiger partial charge in [-0.1, -0.05) is 6.07 Å². The number of aromatic nitrogens is 4. The van der Waals surface area contributed by atoms with Gasteiger partial charge in [-0.05, 0) is 38.1 Å². The summed E-state index contributed by atoms with van der Waals surface area (Å²) in [4.78, 5) is 16.9. The van der Waals surface area contributed by atoms with E-state index in [0.29, 0.717) is 12.4 Å². The van der Waals surface area contributed by atoms with Gasteiger partial charge in [0.2, 0.25) is 5.95 Å². The maximum absolute atomic E-state index is 5.70. The molecule has 6 heteroatoms. The van der Waals surface area contributed by atoms with Crippen LogP contribution in [0.2, 0.25) is 0 Å². The molecular weight excluding hydrogens is 266 g/mol. The van der Waals surface area contributed by atoms with Crippen LogP contribution in [0.3, 0.4) is 0 Å². The van der Waals surface area contributed by atoms with E-state index in [0.717, 1.165) is 22.2 Å². The van der Waals surface area contributed by atoms with E-state index in [2.05, 4.69) is 19.9 Å². The molecule has 0 aliphatic carbocycles. The lowest BCUT2D eigenvalue weighted by atomic mass is 10.1. The van der Waals surface area contributed by atoms with Crippen LogP contribution in [0.25, 0.3) is 22.3 Å². The third kappa shape index (κ3) is 2.74. The summed E-state index contributed by atoms with van der Waals surface area (Å²) in [7, 11) is 0. The molecule has 1 aromatic carbocycles. The van der Waals surface area contributed by atoms with Crippen molar-refractivity contribution in [3.63, 3.8) is 0 Å². The van der Waals surface area contributed by atoms with Crippen LogP contribution in [-0.4, -0.2) is 26.5 Å². The van der Waals surface area contributed by atoms with Crippen LogP contribution >= 0.6 is 0 Å². The molecule has 0 saturated heterocycles. The average molecular weight is 281 g/mol. The number of anilines is 1. The van der Waals surface area contributed by atoms with Crippen LogP contribution in [0.15, 0.2) is 30.3 Å². The van der Waals surface area contributed by atoms with Gasteiger partial charge in [-0.3, -0.25) is 4.98 Å². The first-order valence-electron chi connectivity index (χ1n) is 6.68. The number of nitrogens with zero attached hydrogens (tertiary/aromatic N) is 4. The number of ether oxygens (including phenoxy) is 1. The first-order valence-corrected chi connectivity index (χ1v) is 6.68. The summed E-state index contributed by atoms with van der Waals surface area (Å²) in [6.07, 6.45) is 0. The monoisotopic (exact) mass is 281 g/mol. The third-order valence-electron chi connectivity index (χ3n) is 2.99. The minimum Gasteiger partial charge on any atom is -0.464 e. The summed E-state index contributed by atoms with van der Waals surface area (Å²) >= 11 is 0. The Kier molecular flexibility index (Phi) is 3.35. The highest BCUT2D eigenvalue weighted by Crippen LogP contribution is 2.22. The molecule has 0 saturated carbocycles. The molecule has 0 unspecified atom stereocenters. The van der Waals surface area contributed by atoms with Crippen molar-refractivity contribution in [3.05, 3.63) is 36.0 Å². The number of hydrogen-bond donors (Lipinski definition) is 1. The van der Waals surface area contributed by atoms with E-state index >= 15 is 0 Å². The predicted octanol–water partition coefficient (Wildman–Crippen LogP) is 2.38. The molecule has 0 fully saturated rings. The summed E-state index contributed by atoms with van der Waals surface area (Å²) < 4.78 is 5.30. The second kappa shape index (κ2) is 5.32. The molecule has 2 N–H and O–H groups in total. The first kappa shape index (κ1) is 13.2. The molecule has 0 atom stereocenters. The van der Waals surface area contributed by atoms with Gasteiger partial charge in [-0.25, -0.2) is 0 Å². The summed E-state index contributed by atoms with van der Waals surface area (Å²) in [6, 6.07) is 10.1. The van der Waals surface area contributed by atoms with Crippen LogP contribution in [0.1, 0.15) is 12.6 Å². The van der Waals surface area contributed by atoms with Gasteiger partial charge in [0.05, 0.1) is 12.1 Å². The molecule has 0 amide bonds. The number of aryl methyl sites for hydroxylation is 1. The van der Waals surface area contributed by atoms with E-state index in [-0.39, 0.29) is 12.0 Å². The molecule has 0 aliphatic rings. The van der Waals surface area contributed by atoms with Gasteiger partial charge in [0, 0.05) is 16.6 Å². The van der Waals surface area contributed by atoms with Crippen molar-refractivity contribution in [2.24, 2.45) is 0 Å². The van der Waals surface area contributed by atoms with Crippen molar-refractivity contribution in [1.29, 1.82) is 0 Å². The number of rotatable bonds is 3. The van der Waals surface area contributed by atoms with Gasteiger partial charge in [0.15, 0.2) is 5.82 Å². The first-order chi connectivity index (χ1) is 10.2. The van der Waals surface area contributed by atoms with Gasteiger partial charge < -0.3 is 10.5 Å². The smallest absolute Gasteiger partial charge is 0.321 e. The molecular formula is C15H15N5O. The molecule has 2 aromatic heterocycles. The molecule has 3 rings (SSSR count). The Labute approximate surface area is 122 Å². The van der Waals surface area contributed by atoms with Gasteiger partial charge >= 0.3 is 6.01 Å². The van der Waals surface area contributed by atoms with Crippen LogP contribution < -0.4 is 10.5 Å². The molecule has 0 aliphatic heterocycles. The van der Waals surface area contributed by atoms with E-state index in [9.17, 15) is 0 Å². The number of fused-ring (bicyclic) bond motifs is 1. The molecule has 21 heavy (non-hydrogen) atoms. The maximum atomic E-state index is 5.70. The number of pyridine rings is 1. The van der Waals surface area contributed by atoms with Crippen molar-refractivity contribution < 1.29 is 4.74 Å². The third-order valence-corrected chi connectivity index (χ3v) is 2.99. The Morgan fingerprint density at radius 2 is 1.90 bits per heavy atom. The van der Waals surface area contributed by atoms with Gasteiger partial charge in [-0.2, -0.15) is 15.0 Å². The lowest BCUT2D eigenvalue weighted by molar-refractivity contribution is 0.312. The van der Waals surface area contributed by atoms with Crippen molar-refractivity contribution in [3.8, 4) is 17.4 Å². The van der Waals surface area contributed by atoms with Crippen LogP contribution in [0, 0.1) is 6.92 Å². The number of nitrogen functional groups attached to an aromatic ring is 1. The highest BCUT2D eigenvalue weighted by Gasteiger charge is 2.08. The zero-order valence-corrected chi connectivity index (χ0v) is 11.9. The fourth-order valence-corrected chi connectivity index (χ4v) is 2.06. The number of nitrogens with two attached hydrogens (primary N) is 1. The fraction of sp³-hybridized carbons (Fsp3) is 0.200. The predicted molar refractivity (Wildman–Crippen MR) is 80.9 cm³/mol. The molecule has 2 heterocycles. The van der Waals surface area contributed by atoms with E-state index in [4.69, 9.17) is 10.5 Å². The normalized spacial score (nSPS) is 10.8. The molecule has 0 spiro atoms. The van der Waals surface area contributed by atoms with E-state index in [1.54, 1.807) is 0 Å². The van der Waals surface area contributed by atoms with Crippen molar-refractivity contribution in [2.75, 3.05) is 12.3 Å². The summed E-state index contributed by atoms with van der Waals surface area (Å²) in [6.45, 7) is 4.31. The zero-order valence-electron chi connectivity index (χ0n) is 11.9. The molecule has 0 bridgehead atoms. The second-order valence-electron chi connectivity index (χ2n) is 4.59. The van der Waals surface area contributed by atoms with Crippen LogP contribution in [0.4, 0.5) is 5.95 Å². The number of benzene rings is 1. The Bertz CT molecular complexity index is 803. The Balaban J connectivity index is 2.09. The largest absolute Gasteiger partial charge is 0.464 e. The van der Waals surface area contributed by atoms with Crippen LogP contribution in [0.5, 0.6) is 6.01 Å². The zero-order chi connectivity index (χ0) is 14.8. The highest BCUT2D eigenvalue weighted by atomic mass is 16.5. The quantitative estimate of drug-likeness (QED) is 0.793. The fourth-order valence-electron chi connectivity index (χ4n) is 2.06. The van der Waals surface area contributed by atoms with E-state index in [1.807, 2.05) is 44.2 Å². The van der Waals surface area contributed by atoms with Gasteiger partial charge in [-0.15, -0.1) is 0 Å². The van der Waals surface area contributed by atoms with Crippen molar-refractivity contribution >= 4 is 16.9 Å². The van der Waals surface area contributed by atoms with Crippen molar-refractivity contribution in [1.82, 2.24) is 19.9 Å². The minimum atomic E-state index is 0.144. The SMILES string of the molecule is CCOc1nc(N)nc(-c2ccc3nc(C)ccc3c2)n1. The summed E-state index contributed by atoms with van der Waals surface area (Å²) in [5.74, 6) is 0.638. The molecule has 6 nitrogen and oxygen atoms in total. The van der Waals surface area contributed by atoms with Gasteiger partial charge in [0.25, 0.3) is 0 Å². The summed E-state index contributed by atoms with van der Waals surface area (Å²) in [5, 5.41) is 1.02. The molecule has 106 valence electrons. The lowest BCUT2D eigenvalue weighted by Gasteiger charge is -2.06. The Hall–Kier alpha value is -2.76. The van der Waals surface area contributed by atoms with E-state index < -0.39 is 0 Å². The highest BCUT2D eigenvalue weighted by molar-refractivity contribution is 5.83. The topological polar surface area (TPSA) is 86.8 Å². The lowest BCUT2D eigenvalue weighted by Crippen LogP contribution is -2.04. The Morgan fingerprint density at radius 3 is 2.71 bits per heavy atom. The summed E-state index contributed by atoms with van der Waals surface area (Å²) in [5.41, 5.74) is 8.48. The standard InChI is InChI=1S/C15H15N5O/c1-3-21-15-19-13(18-14(16)20-15)11-6-7-12-10(8-11)5-4-9(2)17-12/h4-8H,3H2,1-2H3,(H2,16,18,19,20). The van der Waals surface area contributed by atoms with Gasteiger partial charge in [0.1, 0.15) is 0 Å². The number of hydrogen-bond acceptors (Lipinski definition) is 6. The van der Waals surface area contributed by atoms with Crippen molar-refractivity contribution in [2.45, 2.75) is 13.8 Å². The maximum Gasteiger partial charge on any atom is 0.321 e. The average Bonchev–Trinajstić information content (AvgIpc) is 2.46. The molecule has 0 radical (unpaired) electrons. The second-order valence-corrected chi connectivity index (χ2v) is 4.59. The molecule has 3 aromatic rings. The Morgan fingerprint density at radius 1 is 1.05 bits per heavy atom. The van der Waals surface area contributed by atoms with E-state index in [1.165, 1.54) is 0 Å².